The van der Waals surface area contributed by atoms with Gasteiger partial charge in [-0.3, -0.25) is 9.59 Å². The quantitative estimate of drug-likeness (QED) is 0.725. The zero-order chi connectivity index (χ0) is 20.8. The summed E-state index contributed by atoms with van der Waals surface area (Å²) in [7, 11) is 4.60. The highest BCUT2D eigenvalue weighted by Crippen LogP contribution is 2.40. The van der Waals surface area contributed by atoms with Crippen molar-refractivity contribution in [2.75, 3.05) is 38.1 Å². The SMILES string of the molecule is COc1ccc(/C=C/C(=O)Nc2ccc(N3CCCC3=O)cc2)c(OC)c1OC. The van der Waals surface area contributed by atoms with Gasteiger partial charge in [-0.15, -0.1) is 0 Å². The molecule has 0 spiro atoms. The third-order valence-electron chi connectivity index (χ3n) is 4.67. The second-order valence-corrected chi connectivity index (χ2v) is 6.44. The molecule has 0 atom stereocenters. The van der Waals surface area contributed by atoms with E-state index in [1.54, 1.807) is 42.4 Å². The zero-order valence-corrected chi connectivity index (χ0v) is 16.7. The van der Waals surface area contributed by atoms with Crippen LogP contribution in [-0.2, 0) is 9.59 Å². The normalized spacial score (nSPS) is 13.6. The molecule has 1 saturated heterocycles. The Kier molecular flexibility index (Phi) is 6.39. The highest BCUT2D eigenvalue weighted by atomic mass is 16.5. The van der Waals surface area contributed by atoms with Crippen molar-refractivity contribution in [1.82, 2.24) is 0 Å². The van der Waals surface area contributed by atoms with Crippen molar-refractivity contribution in [3.05, 3.63) is 48.0 Å². The largest absolute Gasteiger partial charge is 0.493 e. The Morgan fingerprint density at radius 2 is 1.72 bits per heavy atom. The van der Waals surface area contributed by atoms with Crippen LogP contribution < -0.4 is 24.4 Å². The van der Waals surface area contributed by atoms with Crippen LogP contribution >= 0.6 is 0 Å². The second kappa shape index (κ2) is 9.14. The smallest absolute Gasteiger partial charge is 0.248 e. The van der Waals surface area contributed by atoms with Crippen molar-refractivity contribution in [3.63, 3.8) is 0 Å². The van der Waals surface area contributed by atoms with E-state index >= 15 is 0 Å². The van der Waals surface area contributed by atoms with Crippen molar-refractivity contribution >= 4 is 29.3 Å². The number of anilines is 2. The van der Waals surface area contributed by atoms with Crippen LogP contribution in [0.4, 0.5) is 11.4 Å². The Hall–Kier alpha value is -3.48. The molecule has 7 nitrogen and oxygen atoms in total. The molecular formula is C22H24N2O5. The number of amides is 2. The van der Waals surface area contributed by atoms with Gasteiger partial charge in [0, 0.05) is 36.0 Å². The highest BCUT2D eigenvalue weighted by Gasteiger charge is 2.21. The van der Waals surface area contributed by atoms with E-state index in [1.807, 2.05) is 12.1 Å². The minimum Gasteiger partial charge on any atom is -0.493 e. The molecule has 0 saturated carbocycles. The number of rotatable bonds is 7. The molecular weight excluding hydrogens is 372 g/mol. The predicted molar refractivity (Wildman–Crippen MR) is 112 cm³/mol. The van der Waals surface area contributed by atoms with Crippen LogP contribution in [0.15, 0.2) is 42.5 Å². The molecule has 3 rings (SSSR count). The Balaban J connectivity index is 1.69. The van der Waals surface area contributed by atoms with E-state index in [0.717, 1.165) is 18.7 Å². The topological polar surface area (TPSA) is 77.1 Å². The van der Waals surface area contributed by atoms with Crippen LogP contribution in [0.2, 0.25) is 0 Å². The fourth-order valence-electron chi connectivity index (χ4n) is 3.25. The summed E-state index contributed by atoms with van der Waals surface area (Å²) in [6.45, 7) is 0.737. The van der Waals surface area contributed by atoms with Gasteiger partial charge >= 0.3 is 0 Å². The molecule has 0 aromatic heterocycles. The number of carbonyl (C=O) groups excluding carboxylic acids is 2. The lowest BCUT2D eigenvalue weighted by Gasteiger charge is -2.16. The maximum absolute atomic E-state index is 12.3. The summed E-state index contributed by atoms with van der Waals surface area (Å²) in [5.74, 6) is 1.34. The summed E-state index contributed by atoms with van der Waals surface area (Å²) in [6, 6.07) is 10.8. The summed E-state index contributed by atoms with van der Waals surface area (Å²) in [6.07, 6.45) is 4.53. The van der Waals surface area contributed by atoms with Gasteiger partial charge in [-0.25, -0.2) is 0 Å². The van der Waals surface area contributed by atoms with E-state index in [0.29, 0.717) is 34.9 Å². The number of methoxy groups -OCH3 is 3. The third kappa shape index (κ3) is 4.51. The minimum absolute atomic E-state index is 0.133. The average Bonchev–Trinajstić information content (AvgIpc) is 3.17. The van der Waals surface area contributed by atoms with Crippen LogP contribution in [0.5, 0.6) is 17.2 Å². The monoisotopic (exact) mass is 396 g/mol. The van der Waals surface area contributed by atoms with Gasteiger partial charge in [-0.2, -0.15) is 0 Å². The van der Waals surface area contributed by atoms with Crippen molar-refractivity contribution in [1.29, 1.82) is 0 Å². The average molecular weight is 396 g/mol. The molecule has 1 fully saturated rings. The van der Waals surface area contributed by atoms with E-state index in [2.05, 4.69) is 5.32 Å². The van der Waals surface area contributed by atoms with Crippen molar-refractivity contribution < 1.29 is 23.8 Å². The maximum atomic E-state index is 12.3. The van der Waals surface area contributed by atoms with Gasteiger partial charge in [0.2, 0.25) is 17.6 Å². The van der Waals surface area contributed by atoms with Crippen LogP contribution in [-0.4, -0.2) is 39.7 Å². The standard InChI is InChI=1S/C22H24N2O5/c1-27-18-12-6-15(21(28-2)22(18)29-3)7-13-19(25)23-16-8-10-17(11-9-16)24-14-4-5-20(24)26/h6-13H,4-5,14H2,1-3H3,(H,23,25)/b13-7+. The number of nitrogens with zero attached hydrogens (tertiary/aromatic N) is 1. The fraction of sp³-hybridized carbons (Fsp3) is 0.273. The van der Waals surface area contributed by atoms with Crippen molar-refractivity contribution in [3.8, 4) is 17.2 Å². The molecule has 1 heterocycles. The molecule has 2 amide bonds. The number of ether oxygens (including phenoxy) is 3. The first kappa shape index (κ1) is 20.3. The molecule has 1 aliphatic rings. The van der Waals surface area contributed by atoms with Gasteiger partial charge in [-0.1, -0.05) is 0 Å². The number of carbonyl (C=O) groups is 2. The summed E-state index contributed by atoms with van der Waals surface area (Å²) in [5, 5.41) is 2.80. The lowest BCUT2D eigenvalue weighted by molar-refractivity contribution is -0.117. The second-order valence-electron chi connectivity index (χ2n) is 6.44. The van der Waals surface area contributed by atoms with Crippen LogP contribution in [0.1, 0.15) is 18.4 Å². The Labute approximate surface area is 169 Å². The molecule has 2 aromatic carbocycles. The number of hydrogen-bond acceptors (Lipinski definition) is 5. The fourth-order valence-corrected chi connectivity index (χ4v) is 3.25. The number of nitrogens with one attached hydrogen (secondary N) is 1. The molecule has 7 heteroatoms. The van der Waals surface area contributed by atoms with E-state index in [1.165, 1.54) is 20.3 Å². The predicted octanol–water partition coefficient (Wildman–Crippen LogP) is 3.49. The van der Waals surface area contributed by atoms with Gasteiger partial charge in [0.25, 0.3) is 0 Å². The molecule has 0 aliphatic carbocycles. The van der Waals surface area contributed by atoms with E-state index in [4.69, 9.17) is 14.2 Å². The number of hydrogen-bond donors (Lipinski definition) is 1. The third-order valence-corrected chi connectivity index (χ3v) is 4.67. The van der Waals surface area contributed by atoms with E-state index in [-0.39, 0.29) is 11.8 Å². The Bertz CT molecular complexity index is 922. The minimum atomic E-state index is -0.285. The first-order chi connectivity index (χ1) is 14.1. The molecule has 0 radical (unpaired) electrons. The summed E-state index contributed by atoms with van der Waals surface area (Å²) in [4.78, 5) is 25.9. The molecule has 1 aliphatic heterocycles. The summed E-state index contributed by atoms with van der Waals surface area (Å²) in [5.41, 5.74) is 2.17. The van der Waals surface area contributed by atoms with E-state index < -0.39 is 0 Å². The van der Waals surface area contributed by atoms with Crippen LogP contribution in [0.25, 0.3) is 6.08 Å². The van der Waals surface area contributed by atoms with Gasteiger partial charge < -0.3 is 24.4 Å². The van der Waals surface area contributed by atoms with Gasteiger partial charge in [-0.05, 0) is 48.9 Å². The molecule has 152 valence electrons. The van der Waals surface area contributed by atoms with Gasteiger partial charge in [0.15, 0.2) is 11.5 Å². The maximum Gasteiger partial charge on any atom is 0.248 e. The molecule has 2 aromatic rings. The first-order valence-electron chi connectivity index (χ1n) is 9.26. The lowest BCUT2D eigenvalue weighted by Crippen LogP contribution is -2.23. The first-order valence-corrected chi connectivity index (χ1v) is 9.26. The molecule has 29 heavy (non-hydrogen) atoms. The van der Waals surface area contributed by atoms with Gasteiger partial charge in [0.05, 0.1) is 21.3 Å². The summed E-state index contributed by atoms with van der Waals surface area (Å²) < 4.78 is 16.0. The van der Waals surface area contributed by atoms with Crippen molar-refractivity contribution in [2.24, 2.45) is 0 Å². The zero-order valence-electron chi connectivity index (χ0n) is 16.7. The Morgan fingerprint density at radius 3 is 2.31 bits per heavy atom. The molecule has 1 N–H and O–H groups in total. The summed E-state index contributed by atoms with van der Waals surface area (Å²) >= 11 is 0. The number of benzene rings is 2. The molecule has 0 bridgehead atoms. The van der Waals surface area contributed by atoms with Crippen LogP contribution in [0.3, 0.4) is 0 Å². The van der Waals surface area contributed by atoms with Crippen molar-refractivity contribution in [2.45, 2.75) is 12.8 Å². The van der Waals surface area contributed by atoms with Gasteiger partial charge in [0.1, 0.15) is 0 Å². The highest BCUT2D eigenvalue weighted by molar-refractivity contribution is 6.02. The Morgan fingerprint density at radius 1 is 1.00 bits per heavy atom. The van der Waals surface area contributed by atoms with Crippen LogP contribution in [0, 0.1) is 0 Å². The van der Waals surface area contributed by atoms with E-state index in [9.17, 15) is 9.59 Å². The molecule has 0 unspecified atom stereocenters. The lowest BCUT2D eigenvalue weighted by atomic mass is 10.1.